The van der Waals surface area contributed by atoms with E-state index >= 15 is 0 Å². The van der Waals surface area contributed by atoms with Gasteiger partial charge in [0.1, 0.15) is 0 Å². The van der Waals surface area contributed by atoms with Crippen molar-refractivity contribution in [2.24, 2.45) is 17.8 Å². The molecule has 7 heteroatoms. The minimum absolute atomic E-state index is 0.246. The quantitative estimate of drug-likeness (QED) is 0.0449. The summed E-state index contributed by atoms with van der Waals surface area (Å²) in [5.41, 5.74) is 4.11. The average Bonchev–Trinajstić information content (AvgIpc) is 3.52. The number of nitrogens with zero attached hydrogens (tertiary/aromatic N) is 1. The molecule has 0 fully saturated rings. The first-order valence-electron chi connectivity index (χ1n) is 28.6. The van der Waals surface area contributed by atoms with Crippen LogP contribution >= 0.6 is 23.8 Å². The molecular weight excluding hydrogens is 1010 g/mol. The summed E-state index contributed by atoms with van der Waals surface area (Å²) in [6, 6.07) is 95.1. The number of nitrogens with one attached hydrogen (secondary N) is 3. The lowest BCUT2D eigenvalue weighted by molar-refractivity contribution is 0.154. The Balaban J connectivity index is 1.01. The van der Waals surface area contributed by atoms with Crippen molar-refractivity contribution in [2.75, 3.05) is 19.6 Å². The van der Waals surface area contributed by atoms with E-state index in [4.69, 9.17) is 0 Å². The maximum atomic E-state index is 4.22. The van der Waals surface area contributed by atoms with Gasteiger partial charge in [-0.15, -0.1) is 0 Å². The molecule has 0 bridgehead atoms. The Morgan fingerprint density at radius 1 is 0.266 bits per heavy atom. The maximum absolute atomic E-state index is 4.22. The monoisotopic (exact) mass is 1090 g/mol. The molecule has 0 aliphatic heterocycles. The van der Waals surface area contributed by atoms with Crippen LogP contribution in [0.4, 0.5) is 0 Å². The van der Waals surface area contributed by atoms with Gasteiger partial charge < -0.3 is 16.0 Å². The highest BCUT2D eigenvalue weighted by atomic mass is 31.1. The zero-order valence-electron chi connectivity index (χ0n) is 47.2. The summed E-state index contributed by atoms with van der Waals surface area (Å²) < 4.78 is 0. The number of rotatable bonds is 27. The molecule has 404 valence electrons. The zero-order chi connectivity index (χ0) is 54.8. The summed E-state index contributed by atoms with van der Waals surface area (Å²) in [5.74, 6) is 1.21. The number of benzene rings is 9. The van der Waals surface area contributed by atoms with Crippen LogP contribution < -0.4 is 63.7 Å². The van der Waals surface area contributed by atoms with Gasteiger partial charge in [-0.3, -0.25) is 4.90 Å². The third kappa shape index (κ3) is 15.7. The van der Waals surface area contributed by atoms with Gasteiger partial charge in [-0.05, 0) is 106 Å². The minimum atomic E-state index is -0.747. The first-order valence-corrected chi connectivity index (χ1v) is 32.6. The second-order valence-corrected chi connectivity index (χ2v) is 28.4. The molecule has 3 atom stereocenters. The molecule has 79 heavy (non-hydrogen) atoms. The Labute approximate surface area is 477 Å². The van der Waals surface area contributed by atoms with E-state index in [0.717, 1.165) is 39.3 Å². The molecule has 0 saturated heterocycles. The Bertz CT molecular complexity index is 2720. The zero-order valence-corrected chi connectivity index (χ0v) is 49.9. The molecule has 0 heterocycles. The van der Waals surface area contributed by atoms with E-state index in [2.05, 4.69) is 317 Å². The lowest BCUT2D eigenvalue weighted by atomic mass is 9.98. The average molecular weight is 1100 g/mol. The Morgan fingerprint density at radius 2 is 0.456 bits per heavy atom. The van der Waals surface area contributed by atoms with E-state index in [1.54, 1.807) is 0 Å². The molecule has 9 aromatic rings. The summed E-state index contributed by atoms with van der Waals surface area (Å²) in [6.07, 6.45) is 0. The summed E-state index contributed by atoms with van der Waals surface area (Å²) in [5, 5.41) is 25.2. The number of hydrogen-bond acceptors (Lipinski definition) is 4. The van der Waals surface area contributed by atoms with Crippen LogP contribution in [-0.2, 0) is 19.6 Å². The molecule has 0 amide bonds. The minimum Gasteiger partial charge on any atom is -0.308 e. The van der Waals surface area contributed by atoms with Gasteiger partial charge in [0.05, 0.1) is 0 Å². The van der Waals surface area contributed by atoms with E-state index in [-0.39, 0.29) is 18.1 Å². The van der Waals surface area contributed by atoms with Gasteiger partial charge in [-0.25, -0.2) is 0 Å². The lowest BCUT2D eigenvalue weighted by Crippen LogP contribution is -2.54. The Morgan fingerprint density at radius 3 is 0.658 bits per heavy atom. The first kappa shape index (κ1) is 57.8. The van der Waals surface area contributed by atoms with Crippen molar-refractivity contribution in [2.45, 2.75) is 79.3 Å². The highest BCUT2D eigenvalue weighted by Gasteiger charge is 2.28. The highest BCUT2D eigenvalue weighted by Crippen LogP contribution is 2.37. The van der Waals surface area contributed by atoms with E-state index in [1.165, 1.54) is 64.4 Å². The van der Waals surface area contributed by atoms with Crippen molar-refractivity contribution in [1.29, 1.82) is 0 Å². The second-order valence-electron chi connectivity index (χ2n) is 21.8. The van der Waals surface area contributed by atoms with Gasteiger partial charge >= 0.3 is 0 Å². The SMILES string of the molecule is CC(C)[C@@H](CN(C[C@@H](NCc1ccccc1P(c1ccccc1)c1ccccc1)C(C)C)C[C@@H](NCc1ccccc1P(c1ccccc1)c1ccccc1)C(C)C)NCc1ccccc1P(c1ccccc1)c1ccccc1. The third-order valence-corrected chi connectivity index (χ3v) is 22.9. The van der Waals surface area contributed by atoms with Crippen LogP contribution in [0.1, 0.15) is 58.2 Å². The van der Waals surface area contributed by atoms with E-state index in [9.17, 15) is 0 Å². The molecule has 4 nitrogen and oxygen atoms in total. The van der Waals surface area contributed by atoms with Crippen LogP contribution in [0.25, 0.3) is 0 Å². The fourth-order valence-electron chi connectivity index (χ4n) is 10.7. The molecule has 0 aliphatic carbocycles. The van der Waals surface area contributed by atoms with Crippen molar-refractivity contribution < 1.29 is 0 Å². The summed E-state index contributed by atoms with van der Waals surface area (Å²) >= 11 is 0. The molecule has 9 aromatic carbocycles. The summed E-state index contributed by atoms with van der Waals surface area (Å²) in [4.78, 5) is 2.80. The molecule has 0 unspecified atom stereocenters. The predicted octanol–water partition coefficient (Wildman–Crippen LogP) is 12.0. The number of hydrogen-bond donors (Lipinski definition) is 3. The summed E-state index contributed by atoms with van der Waals surface area (Å²) in [7, 11) is -2.24. The van der Waals surface area contributed by atoms with Crippen LogP contribution in [-0.4, -0.2) is 42.7 Å². The Hall–Kier alpha value is -5.89. The van der Waals surface area contributed by atoms with Gasteiger partial charge in [-0.2, -0.15) is 0 Å². The molecule has 0 radical (unpaired) electrons. The topological polar surface area (TPSA) is 39.3 Å². The van der Waals surface area contributed by atoms with Crippen molar-refractivity contribution >= 4 is 71.5 Å². The van der Waals surface area contributed by atoms with E-state index in [1.807, 2.05) is 0 Å². The normalized spacial score (nSPS) is 13.0. The van der Waals surface area contributed by atoms with Gasteiger partial charge in [0.25, 0.3) is 0 Å². The third-order valence-electron chi connectivity index (χ3n) is 15.2. The highest BCUT2D eigenvalue weighted by molar-refractivity contribution is 7.80. The van der Waals surface area contributed by atoms with Crippen LogP contribution in [0.3, 0.4) is 0 Å². The van der Waals surface area contributed by atoms with Crippen LogP contribution in [0.5, 0.6) is 0 Å². The smallest absolute Gasteiger partial charge is 0.0221 e. The molecule has 0 aromatic heterocycles. The molecule has 0 aliphatic rings. The van der Waals surface area contributed by atoms with Crippen LogP contribution in [0.15, 0.2) is 255 Å². The fourth-order valence-corrected chi connectivity index (χ4v) is 18.1. The molecule has 9 rings (SSSR count). The standard InChI is InChI=1S/C72H81N4P3/c1-55(2)67(73-49-58-31-25-28-46-70(58)77(61-34-13-7-14-35-61)62-36-15-8-16-37-62)52-76(53-68(56(3)4)74-50-59-32-26-29-47-71(59)78(63-38-17-9-18-39-63)64-40-19-10-20-41-64)54-69(57(5)6)75-51-60-33-27-30-48-72(60)79(65-42-21-11-22-43-65)66-44-23-12-24-45-66/h7-48,55-57,67-69,73-75H,49-54H2,1-6H3/t67-,68-,69-/m1/s1. The second kappa shape index (κ2) is 29.5. The van der Waals surface area contributed by atoms with Gasteiger partial charge in [0.15, 0.2) is 0 Å². The van der Waals surface area contributed by atoms with Crippen LogP contribution in [0.2, 0.25) is 0 Å². The van der Waals surface area contributed by atoms with Crippen molar-refractivity contribution in [3.8, 4) is 0 Å². The van der Waals surface area contributed by atoms with Gasteiger partial charge in [0, 0.05) is 57.4 Å². The van der Waals surface area contributed by atoms with Crippen molar-refractivity contribution in [1.82, 2.24) is 20.9 Å². The fraction of sp³-hybridized carbons (Fsp3) is 0.250. The van der Waals surface area contributed by atoms with E-state index in [0.29, 0.717) is 17.8 Å². The van der Waals surface area contributed by atoms with Gasteiger partial charge in [0.2, 0.25) is 0 Å². The lowest BCUT2D eigenvalue weighted by Gasteiger charge is -2.38. The first-order chi connectivity index (χ1) is 38.7. The summed E-state index contributed by atoms with van der Waals surface area (Å²) in [6.45, 7) is 19.6. The molecular formula is C72H81N4P3. The largest absolute Gasteiger partial charge is 0.308 e. The van der Waals surface area contributed by atoms with Crippen LogP contribution in [0, 0.1) is 17.8 Å². The predicted molar refractivity (Wildman–Crippen MR) is 348 cm³/mol. The molecule has 0 spiro atoms. The van der Waals surface area contributed by atoms with Crippen molar-refractivity contribution in [3.05, 3.63) is 271 Å². The van der Waals surface area contributed by atoms with E-state index < -0.39 is 23.8 Å². The van der Waals surface area contributed by atoms with Crippen molar-refractivity contribution in [3.63, 3.8) is 0 Å². The molecule has 0 saturated carbocycles. The Kier molecular flexibility index (Phi) is 21.6. The maximum Gasteiger partial charge on any atom is 0.0221 e. The molecule has 3 N–H and O–H groups in total. The van der Waals surface area contributed by atoms with Gasteiger partial charge in [-0.1, -0.05) is 296 Å².